The van der Waals surface area contributed by atoms with E-state index in [1.807, 2.05) is 6.92 Å². The van der Waals surface area contributed by atoms with Crippen LogP contribution < -0.4 is 0 Å². The highest BCUT2D eigenvalue weighted by Crippen LogP contribution is 2.12. The Kier molecular flexibility index (Phi) is 9.39. The molecule has 0 saturated heterocycles. The van der Waals surface area contributed by atoms with Crippen LogP contribution in [-0.4, -0.2) is 21.6 Å². The summed E-state index contributed by atoms with van der Waals surface area (Å²) >= 11 is 3.28. The fourth-order valence-electron chi connectivity index (χ4n) is 2.28. The number of nitrogens with zero attached hydrogens (tertiary/aromatic N) is 2. The average molecular weight is 359 g/mol. The molecule has 21 heavy (non-hydrogen) atoms. The van der Waals surface area contributed by atoms with Crippen LogP contribution in [0.2, 0.25) is 0 Å². The zero-order valence-corrected chi connectivity index (χ0v) is 14.8. The van der Waals surface area contributed by atoms with Crippen LogP contribution in [0.1, 0.15) is 65.2 Å². The second-order valence-corrected chi connectivity index (χ2v) is 6.24. The Hall–Kier alpha value is -0.840. The second-order valence-electron chi connectivity index (χ2n) is 5.53. The molecule has 0 N–H and O–H groups in total. The summed E-state index contributed by atoms with van der Waals surface area (Å²) in [6.07, 6.45) is 13.3. The molecule has 0 bridgehead atoms. The van der Waals surface area contributed by atoms with Gasteiger partial charge in [0.15, 0.2) is 4.73 Å². The van der Waals surface area contributed by atoms with Crippen molar-refractivity contribution < 1.29 is 9.53 Å². The first-order chi connectivity index (χ1) is 10.1. The Morgan fingerprint density at radius 3 is 2.57 bits per heavy atom. The van der Waals surface area contributed by atoms with Crippen molar-refractivity contribution in [1.82, 2.24) is 9.55 Å². The van der Waals surface area contributed by atoms with Gasteiger partial charge in [0, 0.05) is 12.4 Å². The van der Waals surface area contributed by atoms with Crippen LogP contribution in [0.5, 0.6) is 0 Å². The van der Waals surface area contributed by atoms with Crippen molar-refractivity contribution in [2.75, 3.05) is 0 Å². The van der Waals surface area contributed by atoms with Gasteiger partial charge in [-0.1, -0.05) is 45.4 Å². The minimum Gasteiger partial charge on any atom is -0.461 e. The predicted molar refractivity (Wildman–Crippen MR) is 88.1 cm³/mol. The molecule has 0 spiro atoms. The van der Waals surface area contributed by atoms with E-state index in [9.17, 15) is 4.79 Å². The van der Waals surface area contributed by atoms with Gasteiger partial charge in [0.1, 0.15) is 6.54 Å². The van der Waals surface area contributed by atoms with E-state index in [2.05, 4.69) is 27.8 Å². The lowest BCUT2D eigenvalue weighted by molar-refractivity contribution is -0.149. The molecular weight excluding hydrogens is 332 g/mol. The number of unbranched alkanes of at least 4 members (excludes halogenated alkanes) is 6. The molecule has 120 valence electrons. The van der Waals surface area contributed by atoms with Gasteiger partial charge in [0.2, 0.25) is 0 Å². The van der Waals surface area contributed by atoms with Crippen LogP contribution in [0.25, 0.3) is 0 Å². The maximum atomic E-state index is 11.8. The Morgan fingerprint density at radius 1 is 1.29 bits per heavy atom. The van der Waals surface area contributed by atoms with Crippen molar-refractivity contribution in [3.63, 3.8) is 0 Å². The number of aromatic nitrogens is 2. The topological polar surface area (TPSA) is 44.1 Å². The van der Waals surface area contributed by atoms with E-state index in [1.165, 1.54) is 38.5 Å². The number of hydrogen-bond acceptors (Lipinski definition) is 3. The first kappa shape index (κ1) is 18.2. The summed E-state index contributed by atoms with van der Waals surface area (Å²) in [5.74, 6) is -0.204. The Labute approximate surface area is 136 Å². The van der Waals surface area contributed by atoms with E-state index in [4.69, 9.17) is 4.74 Å². The van der Waals surface area contributed by atoms with Gasteiger partial charge in [-0.25, -0.2) is 4.98 Å². The second kappa shape index (κ2) is 10.8. The normalized spacial score (nSPS) is 12.3. The fraction of sp³-hybridized carbons (Fsp3) is 0.750. The summed E-state index contributed by atoms with van der Waals surface area (Å²) in [5, 5.41) is 0. The van der Waals surface area contributed by atoms with Gasteiger partial charge in [-0.2, -0.15) is 0 Å². The minimum atomic E-state index is -0.204. The van der Waals surface area contributed by atoms with Crippen LogP contribution in [0, 0.1) is 0 Å². The molecule has 1 heterocycles. The van der Waals surface area contributed by atoms with Gasteiger partial charge in [-0.3, -0.25) is 4.79 Å². The van der Waals surface area contributed by atoms with E-state index >= 15 is 0 Å². The molecule has 0 aromatic carbocycles. The van der Waals surface area contributed by atoms with Crippen molar-refractivity contribution >= 4 is 21.9 Å². The molecule has 0 saturated carbocycles. The largest absolute Gasteiger partial charge is 0.461 e. The third kappa shape index (κ3) is 8.24. The fourth-order valence-corrected chi connectivity index (χ4v) is 2.64. The Bertz CT molecular complexity index is 407. The highest BCUT2D eigenvalue weighted by molar-refractivity contribution is 9.10. The summed E-state index contributed by atoms with van der Waals surface area (Å²) in [4.78, 5) is 15.8. The van der Waals surface area contributed by atoms with Crippen LogP contribution in [0.4, 0.5) is 0 Å². The number of halogens is 1. The smallest absolute Gasteiger partial charge is 0.326 e. The van der Waals surface area contributed by atoms with Gasteiger partial charge in [-0.05, 0) is 35.7 Å². The van der Waals surface area contributed by atoms with E-state index in [0.717, 1.165) is 12.8 Å². The molecule has 4 nitrogen and oxygen atoms in total. The zero-order valence-electron chi connectivity index (χ0n) is 13.2. The summed E-state index contributed by atoms with van der Waals surface area (Å²) in [6.45, 7) is 4.41. The van der Waals surface area contributed by atoms with Crippen molar-refractivity contribution in [1.29, 1.82) is 0 Å². The van der Waals surface area contributed by atoms with Gasteiger partial charge in [0.25, 0.3) is 0 Å². The zero-order chi connectivity index (χ0) is 15.5. The molecule has 0 amide bonds. The highest BCUT2D eigenvalue weighted by atomic mass is 79.9. The summed E-state index contributed by atoms with van der Waals surface area (Å²) < 4.78 is 7.79. The number of hydrogen-bond donors (Lipinski definition) is 0. The molecule has 0 aliphatic carbocycles. The van der Waals surface area contributed by atoms with E-state index < -0.39 is 0 Å². The van der Waals surface area contributed by atoms with Crippen molar-refractivity contribution in [3.05, 3.63) is 17.1 Å². The quantitative estimate of drug-likeness (QED) is 0.424. The summed E-state index contributed by atoms with van der Waals surface area (Å²) in [6, 6.07) is 0. The van der Waals surface area contributed by atoms with Crippen molar-refractivity contribution in [3.8, 4) is 0 Å². The van der Waals surface area contributed by atoms with Gasteiger partial charge >= 0.3 is 5.97 Å². The molecule has 5 heteroatoms. The maximum absolute atomic E-state index is 11.8. The highest BCUT2D eigenvalue weighted by Gasteiger charge is 2.11. The molecule has 0 fully saturated rings. The molecule has 1 aromatic heterocycles. The molecule has 0 radical (unpaired) electrons. The van der Waals surface area contributed by atoms with E-state index in [0.29, 0.717) is 4.73 Å². The van der Waals surface area contributed by atoms with Gasteiger partial charge < -0.3 is 9.30 Å². The monoisotopic (exact) mass is 358 g/mol. The summed E-state index contributed by atoms with van der Waals surface area (Å²) in [5.41, 5.74) is 0. The lowest BCUT2D eigenvalue weighted by Crippen LogP contribution is -2.19. The molecule has 0 aliphatic rings. The number of ether oxygens (including phenoxy) is 1. The Morgan fingerprint density at radius 2 is 1.95 bits per heavy atom. The average Bonchev–Trinajstić information content (AvgIpc) is 2.83. The molecule has 1 atom stereocenters. The van der Waals surface area contributed by atoms with Gasteiger partial charge in [-0.15, -0.1) is 0 Å². The molecule has 1 rings (SSSR count). The number of carbonyl (C=O) groups is 1. The van der Waals surface area contributed by atoms with Gasteiger partial charge in [0.05, 0.1) is 6.10 Å². The third-order valence-corrected chi connectivity index (χ3v) is 4.17. The third-order valence-electron chi connectivity index (χ3n) is 3.51. The number of rotatable bonds is 11. The molecule has 1 aromatic rings. The minimum absolute atomic E-state index is 0.00422. The van der Waals surface area contributed by atoms with Crippen molar-refractivity contribution in [2.24, 2.45) is 0 Å². The van der Waals surface area contributed by atoms with Crippen LogP contribution >= 0.6 is 15.9 Å². The summed E-state index contributed by atoms with van der Waals surface area (Å²) in [7, 11) is 0. The van der Waals surface area contributed by atoms with E-state index in [-0.39, 0.29) is 18.6 Å². The lowest BCUT2D eigenvalue weighted by atomic mass is 10.1. The van der Waals surface area contributed by atoms with Crippen LogP contribution in [0.15, 0.2) is 17.1 Å². The lowest BCUT2D eigenvalue weighted by Gasteiger charge is -2.13. The molecular formula is C16H27BrN2O2. The standard InChI is InChI=1S/C16H27BrN2O2/c1-3-4-5-6-7-8-9-10-14(2)21-15(20)13-19-12-11-18-16(19)17/h11-12,14H,3-10,13H2,1-2H3. The van der Waals surface area contributed by atoms with E-state index in [1.54, 1.807) is 17.0 Å². The first-order valence-corrected chi connectivity index (χ1v) is 8.79. The maximum Gasteiger partial charge on any atom is 0.326 e. The SMILES string of the molecule is CCCCCCCCCC(C)OC(=O)Cn1ccnc1Br. The number of carbonyl (C=O) groups excluding carboxylic acids is 1. The molecule has 1 unspecified atom stereocenters. The van der Waals surface area contributed by atoms with Crippen LogP contribution in [-0.2, 0) is 16.1 Å². The number of esters is 1. The molecule has 0 aliphatic heterocycles. The first-order valence-electron chi connectivity index (χ1n) is 7.99. The number of imidazole rings is 1. The predicted octanol–water partition coefficient (Wildman–Crippen LogP) is 4.72. The van der Waals surface area contributed by atoms with Crippen LogP contribution in [0.3, 0.4) is 0 Å². The Balaban J connectivity index is 2.06. The van der Waals surface area contributed by atoms with Crippen molar-refractivity contribution in [2.45, 2.75) is 77.9 Å².